The average molecular weight is 187 g/mol. The number of hydrogen-bond acceptors (Lipinski definition) is 2. The Balaban J connectivity index is 2.73. The van der Waals surface area contributed by atoms with Crippen molar-refractivity contribution in [2.75, 3.05) is 7.11 Å². The van der Waals surface area contributed by atoms with Crippen molar-refractivity contribution in [3.05, 3.63) is 36.0 Å². The zero-order chi connectivity index (χ0) is 9.97. The van der Waals surface area contributed by atoms with E-state index in [2.05, 4.69) is 24.0 Å². The predicted octanol–water partition coefficient (Wildman–Crippen LogP) is 2.81. The van der Waals surface area contributed by atoms with Crippen LogP contribution in [0.5, 0.6) is 5.75 Å². The van der Waals surface area contributed by atoms with Gasteiger partial charge in [-0.3, -0.25) is 4.98 Å². The lowest BCUT2D eigenvalue weighted by Crippen LogP contribution is -1.89. The molecule has 0 N–H and O–H groups in total. The zero-order valence-corrected chi connectivity index (χ0v) is 8.45. The molecule has 14 heavy (non-hydrogen) atoms. The summed E-state index contributed by atoms with van der Waals surface area (Å²) in [5, 5.41) is 1.22. The van der Waals surface area contributed by atoms with Gasteiger partial charge in [0.2, 0.25) is 0 Å². The molecule has 0 aliphatic rings. The third-order valence-corrected chi connectivity index (χ3v) is 2.40. The summed E-state index contributed by atoms with van der Waals surface area (Å²) in [4.78, 5) is 4.32. The van der Waals surface area contributed by atoms with Gasteiger partial charge >= 0.3 is 0 Å². The molecule has 72 valence electrons. The number of rotatable bonds is 2. The second-order valence-electron chi connectivity index (χ2n) is 3.21. The van der Waals surface area contributed by atoms with Crippen molar-refractivity contribution in [3.63, 3.8) is 0 Å². The number of methoxy groups -OCH3 is 1. The van der Waals surface area contributed by atoms with E-state index >= 15 is 0 Å². The van der Waals surface area contributed by atoms with E-state index in [4.69, 9.17) is 4.74 Å². The minimum Gasteiger partial charge on any atom is -0.497 e. The van der Waals surface area contributed by atoms with Gasteiger partial charge in [-0.1, -0.05) is 13.0 Å². The molecular formula is C12H13NO. The minimum absolute atomic E-state index is 0.882. The van der Waals surface area contributed by atoms with E-state index in [0.29, 0.717) is 0 Å². The number of fused-ring (bicyclic) bond motifs is 1. The van der Waals surface area contributed by atoms with Crippen molar-refractivity contribution in [1.82, 2.24) is 4.98 Å². The molecule has 0 unspecified atom stereocenters. The number of pyridine rings is 1. The molecular weight excluding hydrogens is 174 g/mol. The first kappa shape index (κ1) is 9.00. The van der Waals surface area contributed by atoms with Gasteiger partial charge in [0, 0.05) is 17.6 Å². The van der Waals surface area contributed by atoms with Gasteiger partial charge in [0.1, 0.15) is 5.75 Å². The highest BCUT2D eigenvalue weighted by molar-refractivity contribution is 5.83. The molecule has 2 rings (SSSR count). The molecule has 2 aromatic rings. The molecule has 0 aliphatic carbocycles. The van der Waals surface area contributed by atoms with Crippen LogP contribution in [0.3, 0.4) is 0 Å². The van der Waals surface area contributed by atoms with Gasteiger partial charge in [0.15, 0.2) is 0 Å². The second kappa shape index (κ2) is 3.66. The Labute approximate surface area is 83.5 Å². The van der Waals surface area contributed by atoms with Crippen LogP contribution in [0.25, 0.3) is 10.9 Å². The van der Waals surface area contributed by atoms with E-state index < -0.39 is 0 Å². The molecule has 0 radical (unpaired) electrons. The normalized spacial score (nSPS) is 10.4. The molecule has 0 bridgehead atoms. The molecule has 0 spiro atoms. The Morgan fingerprint density at radius 1 is 1.36 bits per heavy atom. The summed E-state index contributed by atoms with van der Waals surface area (Å²) in [6.45, 7) is 2.14. The van der Waals surface area contributed by atoms with Gasteiger partial charge in [-0.15, -0.1) is 0 Å². The molecule has 0 saturated heterocycles. The van der Waals surface area contributed by atoms with Gasteiger partial charge in [0.25, 0.3) is 0 Å². The topological polar surface area (TPSA) is 22.1 Å². The van der Waals surface area contributed by atoms with E-state index in [1.807, 2.05) is 12.1 Å². The summed E-state index contributed by atoms with van der Waals surface area (Å²) >= 11 is 0. The summed E-state index contributed by atoms with van der Waals surface area (Å²) in [7, 11) is 1.68. The average Bonchev–Trinajstić information content (AvgIpc) is 2.27. The molecule has 0 aliphatic heterocycles. The van der Waals surface area contributed by atoms with E-state index in [1.165, 1.54) is 10.9 Å². The summed E-state index contributed by atoms with van der Waals surface area (Å²) in [5.74, 6) is 0.882. The molecule has 0 amide bonds. The van der Waals surface area contributed by atoms with Crippen LogP contribution in [-0.4, -0.2) is 12.1 Å². The van der Waals surface area contributed by atoms with E-state index in [0.717, 1.165) is 17.7 Å². The van der Waals surface area contributed by atoms with Gasteiger partial charge in [-0.25, -0.2) is 0 Å². The number of ether oxygens (including phenoxy) is 1. The van der Waals surface area contributed by atoms with Gasteiger partial charge in [-0.2, -0.15) is 0 Å². The largest absolute Gasteiger partial charge is 0.497 e. The van der Waals surface area contributed by atoms with Gasteiger partial charge < -0.3 is 4.74 Å². The first-order chi connectivity index (χ1) is 6.85. The van der Waals surface area contributed by atoms with Crippen LogP contribution < -0.4 is 4.74 Å². The lowest BCUT2D eigenvalue weighted by molar-refractivity contribution is 0.415. The smallest absolute Gasteiger partial charge is 0.121 e. The van der Waals surface area contributed by atoms with Crippen molar-refractivity contribution in [3.8, 4) is 5.75 Å². The maximum Gasteiger partial charge on any atom is 0.121 e. The van der Waals surface area contributed by atoms with Crippen LogP contribution in [-0.2, 0) is 6.42 Å². The standard InChI is InChI=1S/C12H13NO/c1-3-9-7-10(14-2)8-12-11(9)5-4-6-13-12/h4-8H,3H2,1-2H3. The Bertz CT molecular complexity index is 451. The molecule has 0 saturated carbocycles. The molecule has 2 nitrogen and oxygen atoms in total. The Kier molecular flexibility index (Phi) is 2.35. The Morgan fingerprint density at radius 3 is 2.93 bits per heavy atom. The summed E-state index contributed by atoms with van der Waals surface area (Å²) in [6.07, 6.45) is 2.81. The molecule has 1 aromatic carbocycles. The third-order valence-electron chi connectivity index (χ3n) is 2.40. The van der Waals surface area contributed by atoms with Crippen LogP contribution >= 0.6 is 0 Å². The summed E-state index contributed by atoms with van der Waals surface area (Å²) in [5.41, 5.74) is 2.29. The lowest BCUT2D eigenvalue weighted by atomic mass is 10.1. The summed E-state index contributed by atoms with van der Waals surface area (Å²) in [6, 6.07) is 8.10. The van der Waals surface area contributed by atoms with Crippen molar-refractivity contribution < 1.29 is 4.74 Å². The first-order valence-electron chi connectivity index (χ1n) is 4.76. The minimum atomic E-state index is 0.882. The van der Waals surface area contributed by atoms with E-state index in [1.54, 1.807) is 13.3 Å². The SMILES string of the molecule is CCc1cc(OC)cc2ncccc12. The van der Waals surface area contributed by atoms with Crippen molar-refractivity contribution in [2.45, 2.75) is 13.3 Å². The Hall–Kier alpha value is -1.57. The number of benzene rings is 1. The first-order valence-corrected chi connectivity index (χ1v) is 4.76. The monoisotopic (exact) mass is 187 g/mol. The van der Waals surface area contributed by atoms with Gasteiger partial charge in [0.05, 0.1) is 12.6 Å². The van der Waals surface area contributed by atoms with Crippen molar-refractivity contribution in [2.24, 2.45) is 0 Å². The quantitative estimate of drug-likeness (QED) is 0.721. The van der Waals surface area contributed by atoms with E-state index in [9.17, 15) is 0 Å². The number of nitrogens with zero attached hydrogens (tertiary/aromatic N) is 1. The molecule has 2 heteroatoms. The molecule has 1 heterocycles. The van der Waals surface area contributed by atoms with Crippen LogP contribution in [0.2, 0.25) is 0 Å². The second-order valence-corrected chi connectivity index (χ2v) is 3.21. The van der Waals surface area contributed by atoms with Crippen molar-refractivity contribution >= 4 is 10.9 Å². The highest BCUT2D eigenvalue weighted by Crippen LogP contribution is 2.23. The van der Waals surface area contributed by atoms with Crippen LogP contribution in [0.15, 0.2) is 30.5 Å². The fourth-order valence-corrected chi connectivity index (χ4v) is 1.64. The van der Waals surface area contributed by atoms with Gasteiger partial charge in [-0.05, 0) is 24.1 Å². The number of hydrogen-bond donors (Lipinski definition) is 0. The van der Waals surface area contributed by atoms with Crippen LogP contribution in [0, 0.1) is 0 Å². The highest BCUT2D eigenvalue weighted by atomic mass is 16.5. The zero-order valence-electron chi connectivity index (χ0n) is 8.45. The molecule has 0 atom stereocenters. The highest BCUT2D eigenvalue weighted by Gasteiger charge is 2.02. The van der Waals surface area contributed by atoms with Crippen molar-refractivity contribution in [1.29, 1.82) is 0 Å². The third kappa shape index (κ3) is 1.43. The Morgan fingerprint density at radius 2 is 2.21 bits per heavy atom. The summed E-state index contributed by atoms with van der Waals surface area (Å²) < 4.78 is 5.22. The fourth-order valence-electron chi connectivity index (χ4n) is 1.64. The maximum absolute atomic E-state index is 5.22. The maximum atomic E-state index is 5.22. The number of aromatic nitrogens is 1. The fraction of sp³-hybridized carbons (Fsp3) is 0.250. The molecule has 1 aromatic heterocycles. The lowest BCUT2D eigenvalue weighted by Gasteiger charge is -2.06. The van der Waals surface area contributed by atoms with E-state index in [-0.39, 0.29) is 0 Å². The van der Waals surface area contributed by atoms with Crippen LogP contribution in [0.4, 0.5) is 0 Å². The molecule has 0 fully saturated rings. The number of aryl methyl sites for hydroxylation is 1. The predicted molar refractivity (Wildman–Crippen MR) is 57.7 cm³/mol. The van der Waals surface area contributed by atoms with Crippen LogP contribution in [0.1, 0.15) is 12.5 Å².